The Kier molecular flexibility index (Phi) is 6.95. The standard InChI is InChI=1S/C27H24N2O3S/c1-18-15-19(2)17-22(16-18)29-27(31)25(20-7-4-3-5-8-20)33-23-12-10-21(11-13-23)28-26(30)24-9-6-14-32-24/h3-17,25H,1-2H3,(H,28,30)(H,29,31). The highest BCUT2D eigenvalue weighted by Crippen LogP contribution is 2.37. The number of hydrogen-bond acceptors (Lipinski definition) is 4. The molecule has 0 saturated carbocycles. The number of carbonyl (C=O) groups is 2. The number of furan rings is 1. The van der Waals surface area contributed by atoms with Crippen LogP contribution in [-0.4, -0.2) is 11.8 Å². The lowest BCUT2D eigenvalue weighted by molar-refractivity contribution is -0.115. The molecule has 0 bridgehead atoms. The Labute approximate surface area is 197 Å². The summed E-state index contributed by atoms with van der Waals surface area (Å²) in [7, 11) is 0. The Bertz CT molecular complexity index is 1220. The van der Waals surface area contributed by atoms with Gasteiger partial charge < -0.3 is 15.1 Å². The van der Waals surface area contributed by atoms with Crippen molar-refractivity contribution in [2.75, 3.05) is 10.6 Å². The molecule has 0 saturated heterocycles. The maximum absolute atomic E-state index is 13.3. The molecule has 6 heteroatoms. The predicted octanol–water partition coefficient (Wildman–Crippen LogP) is 6.62. The van der Waals surface area contributed by atoms with Crippen molar-refractivity contribution in [3.8, 4) is 0 Å². The number of benzene rings is 3. The number of nitrogens with one attached hydrogen (secondary N) is 2. The Balaban J connectivity index is 1.50. The lowest BCUT2D eigenvalue weighted by Crippen LogP contribution is -2.19. The van der Waals surface area contributed by atoms with Gasteiger partial charge in [0.05, 0.1) is 6.26 Å². The number of thioether (sulfide) groups is 1. The van der Waals surface area contributed by atoms with Gasteiger partial charge in [0.1, 0.15) is 5.25 Å². The second kappa shape index (κ2) is 10.2. The van der Waals surface area contributed by atoms with E-state index in [4.69, 9.17) is 4.42 Å². The highest BCUT2D eigenvalue weighted by Gasteiger charge is 2.22. The molecule has 1 aromatic heterocycles. The van der Waals surface area contributed by atoms with Crippen molar-refractivity contribution in [1.29, 1.82) is 0 Å². The van der Waals surface area contributed by atoms with E-state index in [9.17, 15) is 9.59 Å². The molecule has 4 rings (SSSR count). The largest absolute Gasteiger partial charge is 0.459 e. The van der Waals surface area contributed by atoms with Crippen LogP contribution in [0.25, 0.3) is 0 Å². The monoisotopic (exact) mass is 456 g/mol. The summed E-state index contributed by atoms with van der Waals surface area (Å²) in [6, 6.07) is 26.4. The van der Waals surface area contributed by atoms with Crippen LogP contribution in [0.1, 0.15) is 32.5 Å². The fraction of sp³-hybridized carbons (Fsp3) is 0.111. The summed E-state index contributed by atoms with van der Waals surface area (Å²) in [5.74, 6) is -0.151. The zero-order chi connectivity index (χ0) is 23.2. The second-order valence-corrected chi connectivity index (χ2v) is 8.91. The lowest BCUT2D eigenvalue weighted by atomic mass is 10.1. The molecule has 0 radical (unpaired) electrons. The van der Waals surface area contributed by atoms with E-state index in [1.54, 1.807) is 12.1 Å². The molecular formula is C27H24N2O3S. The van der Waals surface area contributed by atoms with E-state index < -0.39 is 5.25 Å². The van der Waals surface area contributed by atoms with Crippen LogP contribution in [0, 0.1) is 13.8 Å². The summed E-state index contributed by atoms with van der Waals surface area (Å²) < 4.78 is 5.12. The summed E-state index contributed by atoms with van der Waals surface area (Å²) in [5.41, 5.74) is 4.55. The molecule has 0 aliphatic heterocycles. The first kappa shape index (κ1) is 22.4. The Morgan fingerprint density at radius 1 is 0.788 bits per heavy atom. The molecule has 4 aromatic rings. The Morgan fingerprint density at radius 3 is 2.12 bits per heavy atom. The average Bonchev–Trinajstić information content (AvgIpc) is 3.33. The molecule has 5 nitrogen and oxygen atoms in total. The maximum atomic E-state index is 13.3. The third-order valence-corrected chi connectivity index (χ3v) is 6.21. The molecule has 0 spiro atoms. The fourth-order valence-electron chi connectivity index (χ4n) is 3.51. The zero-order valence-corrected chi connectivity index (χ0v) is 19.2. The van der Waals surface area contributed by atoms with E-state index in [0.29, 0.717) is 5.69 Å². The van der Waals surface area contributed by atoms with E-state index >= 15 is 0 Å². The third-order valence-electron chi connectivity index (χ3n) is 4.94. The van der Waals surface area contributed by atoms with Gasteiger partial charge in [0.15, 0.2) is 5.76 Å². The van der Waals surface area contributed by atoms with Gasteiger partial charge in [-0.1, -0.05) is 36.4 Å². The van der Waals surface area contributed by atoms with E-state index in [1.807, 2.05) is 80.6 Å². The van der Waals surface area contributed by atoms with Gasteiger partial charge in [-0.05, 0) is 79.1 Å². The second-order valence-electron chi connectivity index (χ2n) is 7.73. The molecule has 2 N–H and O–H groups in total. The van der Waals surface area contributed by atoms with Gasteiger partial charge in [-0.3, -0.25) is 9.59 Å². The Morgan fingerprint density at radius 2 is 1.48 bits per heavy atom. The zero-order valence-electron chi connectivity index (χ0n) is 18.4. The number of anilines is 2. The lowest BCUT2D eigenvalue weighted by Gasteiger charge is -2.18. The number of aryl methyl sites for hydroxylation is 2. The smallest absolute Gasteiger partial charge is 0.291 e. The van der Waals surface area contributed by atoms with E-state index in [1.165, 1.54) is 18.0 Å². The average molecular weight is 457 g/mol. The molecule has 166 valence electrons. The van der Waals surface area contributed by atoms with Crippen LogP contribution in [-0.2, 0) is 4.79 Å². The molecule has 0 aliphatic rings. The van der Waals surface area contributed by atoms with Crippen molar-refractivity contribution in [3.05, 3.63) is 114 Å². The van der Waals surface area contributed by atoms with Gasteiger partial charge in [-0.15, -0.1) is 11.8 Å². The van der Waals surface area contributed by atoms with E-state index in [2.05, 4.69) is 16.7 Å². The topological polar surface area (TPSA) is 71.3 Å². The molecule has 0 fully saturated rings. The van der Waals surface area contributed by atoms with Crippen LogP contribution >= 0.6 is 11.8 Å². The molecule has 1 unspecified atom stereocenters. The minimum absolute atomic E-state index is 0.0913. The highest BCUT2D eigenvalue weighted by molar-refractivity contribution is 8.00. The minimum Gasteiger partial charge on any atom is -0.459 e. The van der Waals surface area contributed by atoms with E-state index in [-0.39, 0.29) is 17.6 Å². The summed E-state index contributed by atoms with van der Waals surface area (Å²) in [4.78, 5) is 26.4. The molecule has 1 atom stereocenters. The van der Waals surface area contributed by atoms with Crippen LogP contribution < -0.4 is 10.6 Å². The molecule has 1 heterocycles. The van der Waals surface area contributed by atoms with Crippen molar-refractivity contribution >= 4 is 35.0 Å². The van der Waals surface area contributed by atoms with Gasteiger partial charge >= 0.3 is 0 Å². The highest BCUT2D eigenvalue weighted by atomic mass is 32.2. The third kappa shape index (κ3) is 5.93. The van der Waals surface area contributed by atoms with Crippen molar-refractivity contribution in [2.24, 2.45) is 0 Å². The van der Waals surface area contributed by atoms with Crippen molar-refractivity contribution in [2.45, 2.75) is 24.0 Å². The van der Waals surface area contributed by atoms with Crippen molar-refractivity contribution < 1.29 is 14.0 Å². The normalized spacial score (nSPS) is 11.6. The minimum atomic E-state index is -0.435. The molecule has 2 amide bonds. The quantitative estimate of drug-likeness (QED) is 0.307. The molecule has 33 heavy (non-hydrogen) atoms. The first-order valence-corrected chi connectivity index (χ1v) is 11.4. The van der Waals surface area contributed by atoms with Crippen LogP contribution in [0.4, 0.5) is 11.4 Å². The Hall–Kier alpha value is -3.77. The first-order valence-electron chi connectivity index (χ1n) is 10.5. The predicted molar refractivity (Wildman–Crippen MR) is 133 cm³/mol. The first-order chi connectivity index (χ1) is 16.0. The molecule has 0 aliphatic carbocycles. The fourth-order valence-corrected chi connectivity index (χ4v) is 4.53. The summed E-state index contributed by atoms with van der Waals surface area (Å²) in [6.45, 7) is 4.02. The number of amides is 2. The van der Waals surface area contributed by atoms with Gasteiger partial charge in [0.2, 0.25) is 5.91 Å². The maximum Gasteiger partial charge on any atom is 0.291 e. The van der Waals surface area contributed by atoms with Crippen molar-refractivity contribution in [1.82, 2.24) is 0 Å². The van der Waals surface area contributed by atoms with Gasteiger partial charge in [-0.2, -0.15) is 0 Å². The summed E-state index contributed by atoms with van der Waals surface area (Å²) >= 11 is 1.46. The number of carbonyl (C=O) groups excluding carboxylic acids is 2. The van der Waals surface area contributed by atoms with Crippen molar-refractivity contribution in [3.63, 3.8) is 0 Å². The molecule has 3 aromatic carbocycles. The van der Waals surface area contributed by atoms with Gasteiger partial charge in [0, 0.05) is 16.3 Å². The van der Waals surface area contributed by atoms with Crippen LogP contribution in [0.15, 0.2) is 101 Å². The molecular weight excluding hydrogens is 432 g/mol. The van der Waals surface area contributed by atoms with Gasteiger partial charge in [-0.25, -0.2) is 0 Å². The SMILES string of the molecule is Cc1cc(C)cc(NC(=O)C(Sc2ccc(NC(=O)c3ccco3)cc2)c2ccccc2)c1. The number of hydrogen-bond donors (Lipinski definition) is 2. The van der Waals surface area contributed by atoms with Gasteiger partial charge in [0.25, 0.3) is 5.91 Å². The summed E-state index contributed by atoms with van der Waals surface area (Å²) in [5, 5.41) is 5.43. The summed E-state index contributed by atoms with van der Waals surface area (Å²) in [6.07, 6.45) is 1.46. The number of rotatable bonds is 7. The van der Waals surface area contributed by atoms with Crippen LogP contribution in [0.5, 0.6) is 0 Å². The van der Waals surface area contributed by atoms with E-state index in [0.717, 1.165) is 27.3 Å². The van der Waals surface area contributed by atoms with Crippen LogP contribution in [0.2, 0.25) is 0 Å². The van der Waals surface area contributed by atoms with Crippen LogP contribution in [0.3, 0.4) is 0 Å².